The molecule has 0 aliphatic carbocycles. The molecule has 0 aromatic heterocycles. The average Bonchev–Trinajstić information content (AvgIpc) is 2.23. The number of hydrogen-bond acceptors (Lipinski definition) is 2. The Morgan fingerprint density at radius 1 is 1.00 bits per heavy atom. The van der Waals surface area contributed by atoms with Crippen LogP contribution in [0.25, 0.3) is 0 Å². The molecular formula is C13H30N2. The van der Waals surface area contributed by atoms with Gasteiger partial charge in [-0.3, -0.25) is 0 Å². The number of hydrogen-bond donors (Lipinski definition) is 2. The predicted molar refractivity (Wildman–Crippen MR) is 69.1 cm³/mol. The first-order valence-electron chi connectivity index (χ1n) is 6.74. The summed E-state index contributed by atoms with van der Waals surface area (Å²) in [7, 11) is 0. The molecule has 0 radical (unpaired) electrons. The summed E-state index contributed by atoms with van der Waals surface area (Å²) in [6, 6.07) is 0.669. The van der Waals surface area contributed by atoms with Gasteiger partial charge in [-0.15, -0.1) is 0 Å². The van der Waals surface area contributed by atoms with Crippen molar-refractivity contribution in [3.05, 3.63) is 0 Å². The summed E-state index contributed by atoms with van der Waals surface area (Å²) in [5.41, 5.74) is 5.44. The number of nitrogens with two attached hydrogens (primary N) is 1. The summed E-state index contributed by atoms with van der Waals surface area (Å²) in [4.78, 5) is 0. The smallest absolute Gasteiger partial charge is 0.00387 e. The minimum atomic E-state index is 0.669. The van der Waals surface area contributed by atoms with Gasteiger partial charge >= 0.3 is 0 Å². The monoisotopic (exact) mass is 214 g/mol. The quantitative estimate of drug-likeness (QED) is 0.519. The summed E-state index contributed by atoms with van der Waals surface area (Å²) < 4.78 is 0. The normalized spacial score (nSPS) is 13.0. The van der Waals surface area contributed by atoms with Gasteiger partial charge in [-0.1, -0.05) is 45.4 Å². The maximum atomic E-state index is 5.44. The molecule has 0 aromatic carbocycles. The zero-order chi connectivity index (χ0) is 11.4. The SMILES string of the molecule is CCCCCCCCC(C)NCCCN. The van der Waals surface area contributed by atoms with Crippen LogP contribution in [0.4, 0.5) is 0 Å². The molecule has 0 rings (SSSR count). The first-order chi connectivity index (χ1) is 7.31. The third kappa shape index (κ3) is 11.8. The lowest BCUT2D eigenvalue weighted by Crippen LogP contribution is -2.28. The van der Waals surface area contributed by atoms with Crippen molar-refractivity contribution in [2.75, 3.05) is 13.1 Å². The van der Waals surface area contributed by atoms with Crippen molar-refractivity contribution in [1.29, 1.82) is 0 Å². The fourth-order valence-corrected chi connectivity index (χ4v) is 1.78. The number of nitrogens with one attached hydrogen (secondary N) is 1. The molecule has 3 N–H and O–H groups in total. The lowest BCUT2D eigenvalue weighted by Gasteiger charge is -2.12. The molecule has 0 saturated carbocycles. The first-order valence-corrected chi connectivity index (χ1v) is 6.74. The summed E-state index contributed by atoms with van der Waals surface area (Å²) in [6.45, 7) is 6.43. The van der Waals surface area contributed by atoms with E-state index in [1.54, 1.807) is 0 Å². The molecule has 2 nitrogen and oxygen atoms in total. The Kier molecular flexibility index (Phi) is 11.9. The molecule has 92 valence electrons. The Hall–Kier alpha value is -0.0800. The van der Waals surface area contributed by atoms with Gasteiger partial charge in [0.15, 0.2) is 0 Å². The molecule has 0 spiro atoms. The standard InChI is InChI=1S/C13H30N2/c1-3-4-5-6-7-8-10-13(2)15-12-9-11-14/h13,15H,3-12,14H2,1-2H3. The van der Waals surface area contributed by atoms with E-state index in [4.69, 9.17) is 5.73 Å². The van der Waals surface area contributed by atoms with E-state index in [0.717, 1.165) is 19.5 Å². The highest BCUT2D eigenvalue weighted by Gasteiger charge is 1.99. The Morgan fingerprint density at radius 2 is 1.67 bits per heavy atom. The molecule has 0 saturated heterocycles. The van der Waals surface area contributed by atoms with Gasteiger partial charge in [-0.2, -0.15) is 0 Å². The average molecular weight is 214 g/mol. The Labute approximate surface area is 96.0 Å². The van der Waals surface area contributed by atoms with E-state index in [2.05, 4.69) is 19.2 Å². The second-order valence-electron chi connectivity index (χ2n) is 4.55. The van der Waals surface area contributed by atoms with Gasteiger partial charge < -0.3 is 11.1 Å². The topological polar surface area (TPSA) is 38.0 Å². The van der Waals surface area contributed by atoms with Gasteiger partial charge in [-0.05, 0) is 32.9 Å². The summed E-state index contributed by atoms with van der Waals surface area (Å²) >= 11 is 0. The van der Waals surface area contributed by atoms with Crippen LogP contribution in [-0.2, 0) is 0 Å². The van der Waals surface area contributed by atoms with Crippen LogP contribution in [-0.4, -0.2) is 19.1 Å². The first kappa shape index (κ1) is 14.9. The maximum absolute atomic E-state index is 5.44. The second kappa shape index (κ2) is 12.0. The van der Waals surface area contributed by atoms with Gasteiger partial charge in [0, 0.05) is 6.04 Å². The summed E-state index contributed by atoms with van der Waals surface area (Å²) in [5.74, 6) is 0. The molecule has 0 bridgehead atoms. The number of unbranched alkanes of at least 4 members (excludes halogenated alkanes) is 5. The predicted octanol–water partition coefficient (Wildman–Crippen LogP) is 3.06. The molecule has 1 atom stereocenters. The zero-order valence-electron chi connectivity index (χ0n) is 10.7. The molecular weight excluding hydrogens is 184 g/mol. The van der Waals surface area contributed by atoms with Gasteiger partial charge in [0.2, 0.25) is 0 Å². The molecule has 0 amide bonds. The number of rotatable bonds is 11. The zero-order valence-corrected chi connectivity index (χ0v) is 10.7. The Balaban J connectivity index is 3.06. The molecule has 1 unspecified atom stereocenters. The molecule has 0 aromatic rings. The molecule has 0 aliphatic rings. The van der Waals surface area contributed by atoms with E-state index >= 15 is 0 Å². The van der Waals surface area contributed by atoms with Gasteiger partial charge in [0.25, 0.3) is 0 Å². The van der Waals surface area contributed by atoms with E-state index in [-0.39, 0.29) is 0 Å². The highest BCUT2D eigenvalue weighted by atomic mass is 14.9. The largest absolute Gasteiger partial charge is 0.330 e. The van der Waals surface area contributed by atoms with E-state index < -0.39 is 0 Å². The van der Waals surface area contributed by atoms with Crippen molar-refractivity contribution in [2.24, 2.45) is 5.73 Å². The van der Waals surface area contributed by atoms with Gasteiger partial charge in [0.05, 0.1) is 0 Å². The minimum absolute atomic E-state index is 0.669. The third-order valence-corrected chi connectivity index (χ3v) is 2.86. The molecule has 0 heterocycles. The van der Waals surface area contributed by atoms with Crippen LogP contribution >= 0.6 is 0 Å². The van der Waals surface area contributed by atoms with Crippen LogP contribution in [0.15, 0.2) is 0 Å². The van der Waals surface area contributed by atoms with Crippen molar-refractivity contribution < 1.29 is 0 Å². The van der Waals surface area contributed by atoms with Crippen molar-refractivity contribution in [3.63, 3.8) is 0 Å². The highest BCUT2D eigenvalue weighted by Crippen LogP contribution is 2.08. The van der Waals surface area contributed by atoms with Crippen LogP contribution in [0.2, 0.25) is 0 Å². The fourth-order valence-electron chi connectivity index (χ4n) is 1.78. The molecule has 2 heteroatoms. The van der Waals surface area contributed by atoms with E-state index in [0.29, 0.717) is 6.04 Å². The minimum Gasteiger partial charge on any atom is -0.330 e. The van der Waals surface area contributed by atoms with E-state index in [9.17, 15) is 0 Å². The van der Waals surface area contributed by atoms with Gasteiger partial charge in [0.1, 0.15) is 0 Å². The molecule has 0 fully saturated rings. The van der Waals surface area contributed by atoms with Crippen LogP contribution in [0, 0.1) is 0 Å². The van der Waals surface area contributed by atoms with Crippen molar-refractivity contribution in [1.82, 2.24) is 5.32 Å². The van der Waals surface area contributed by atoms with E-state index in [1.165, 1.54) is 44.9 Å². The van der Waals surface area contributed by atoms with Crippen LogP contribution in [0.1, 0.15) is 65.2 Å². The van der Waals surface area contributed by atoms with Gasteiger partial charge in [-0.25, -0.2) is 0 Å². The lowest BCUT2D eigenvalue weighted by atomic mass is 10.1. The van der Waals surface area contributed by atoms with Crippen LogP contribution in [0.5, 0.6) is 0 Å². The second-order valence-corrected chi connectivity index (χ2v) is 4.55. The maximum Gasteiger partial charge on any atom is 0.00387 e. The van der Waals surface area contributed by atoms with E-state index in [1.807, 2.05) is 0 Å². The third-order valence-electron chi connectivity index (χ3n) is 2.86. The van der Waals surface area contributed by atoms with Crippen molar-refractivity contribution >= 4 is 0 Å². The highest BCUT2D eigenvalue weighted by molar-refractivity contribution is 4.60. The lowest BCUT2D eigenvalue weighted by molar-refractivity contribution is 0.476. The molecule has 15 heavy (non-hydrogen) atoms. The summed E-state index contributed by atoms with van der Waals surface area (Å²) in [6.07, 6.45) is 10.8. The Morgan fingerprint density at radius 3 is 2.33 bits per heavy atom. The van der Waals surface area contributed by atoms with Crippen LogP contribution in [0.3, 0.4) is 0 Å². The Bertz CT molecular complexity index is 115. The van der Waals surface area contributed by atoms with Crippen molar-refractivity contribution in [3.8, 4) is 0 Å². The van der Waals surface area contributed by atoms with Crippen LogP contribution < -0.4 is 11.1 Å². The van der Waals surface area contributed by atoms with Crippen molar-refractivity contribution in [2.45, 2.75) is 71.3 Å². The molecule has 0 aliphatic heterocycles. The summed E-state index contributed by atoms with van der Waals surface area (Å²) in [5, 5.41) is 3.51. The fraction of sp³-hybridized carbons (Fsp3) is 1.00.